The minimum Gasteiger partial charge on any atom is -0.480 e. The number of aliphatic carboxylic acids is 1. The van der Waals surface area contributed by atoms with Crippen molar-refractivity contribution >= 4 is 66.7 Å². The normalized spacial score (nSPS) is 14.8. The Morgan fingerprint density at radius 1 is 0.694 bits per heavy atom. The minimum atomic E-state index is -3.70. The van der Waals surface area contributed by atoms with Crippen molar-refractivity contribution in [3.63, 3.8) is 0 Å². The van der Waals surface area contributed by atoms with Gasteiger partial charge in [-0.3, -0.25) is 43.3 Å². The number of rotatable bonds is 36. The van der Waals surface area contributed by atoms with E-state index in [1.807, 2.05) is 0 Å². The molecule has 27 nitrogen and oxygen atoms in total. The van der Waals surface area contributed by atoms with E-state index in [9.17, 15) is 68.2 Å². The monoisotopic (exact) mass is 1040 g/mol. The lowest BCUT2D eigenvalue weighted by Crippen LogP contribution is -2.59. The summed E-state index contributed by atoms with van der Waals surface area (Å²) < 4.78 is 12.8. The van der Waals surface area contributed by atoms with Crippen molar-refractivity contribution < 1.29 is 68.2 Å². The SMILES string of the molecule is CC(C)[C@H](NC(=O)[C@H](CO)NC(=O)[C@H](C)NC(=O)[C@H](CCCN=C(N)N)NC(=O)[C@H](CCCN=C(N)N)NC(=O)CCC(=O)NCCCCCP(=O)(O)C[C@@H](O)CN[C@H](C)c1cccc(C(=O)O)c1)C(=O)O. The number of nitrogens with zero attached hydrogens (tertiary/aromatic N) is 2. The summed E-state index contributed by atoms with van der Waals surface area (Å²) in [6, 6.07) is -0.875. The molecule has 8 atom stereocenters. The van der Waals surface area contributed by atoms with Gasteiger partial charge in [0.1, 0.15) is 30.2 Å². The van der Waals surface area contributed by atoms with Crippen molar-refractivity contribution in [1.29, 1.82) is 0 Å². The van der Waals surface area contributed by atoms with Gasteiger partial charge in [-0.1, -0.05) is 32.4 Å². The Hall–Kier alpha value is -6.41. The maximum absolute atomic E-state index is 13.7. The first-order valence-electron chi connectivity index (χ1n) is 23.5. The third kappa shape index (κ3) is 26.7. The van der Waals surface area contributed by atoms with Crippen LogP contribution in [0.15, 0.2) is 34.3 Å². The Labute approximate surface area is 418 Å². The molecule has 0 heterocycles. The smallest absolute Gasteiger partial charge is 0.335 e. The van der Waals surface area contributed by atoms with Gasteiger partial charge in [-0.2, -0.15) is 0 Å². The van der Waals surface area contributed by atoms with Gasteiger partial charge in [-0.25, -0.2) is 9.59 Å². The number of benzene rings is 1. The molecule has 0 saturated carbocycles. The largest absolute Gasteiger partial charge is 0.480 e. The molecule has 0 spiro atoms. The molecule has 406 valence electrons. The fourth-order valence-corrected chi connectivity index (χ4v) is 8.47. The second-order valence-electron chi connectivity index (χ2n) is 17.5. The highest BCUT2D eigenvalue weighted by molar-refractivity contribution is 7.58. The molecule has 0 aromatic heterocycles. The second kappa shape index (κ2) is 33.3. The van der Waals surface area contributed by atoms with Crippen molar-refractivity contribution in [2.45, 2.75) is 128 Å². The zero-order valence-corrected chi connectivity index (χ0v) is 42.2. The number of carboxylic acid groups (broad SMARTS) is 2. The number of unbranched alkanes of at least 4 members (excludes halogenated alkanes) is 2. The Morgan fingerprint density at radius 3 is 1.81 bits per heavy atom. The van der Waals surface area contributed by atoms with E-state index < -0.39 is 104 Å². The summed E-state index contributed by atoms with van der Waals surface area (Å²) in [5, 5.41) is 56.6. The van der Waals surface area contributed by atoms with Gasteiger partial charge in [0.15, 0.2) is 11.9 Å². The Morgan fingerprint density at radius 2 is 1.25 bits per heavy atom. The van der Waals surface area contributed by atoms with Crippen LogP contribution in [-0.4, -0.2) is 166 Å². The van der Waals surface area contributed by atoms with Crippen LogP contribution in [0.2, 0.25) is 0 Å². The summed E-state index contributed by atoms with van der Waals surface area (Å²) in [6.45, 7) is 5.56. The zero-order valence-electron chi connectivity index (χ0n) is 41.3. The van der Waals surface area contributed by atoms with E-state index in [4.69, 9.17) is 22.9 Å². The number of hydrogen-bond donors (Lipinski definition) is 16. The Balaban J connectivity index is 2.82. The third-order valence-corrected chi connectivity index (χ3v) is 12.9. The number of carboxylic acids is 2. The fourth-order valence-electron chi connectivity index (χ4n) is 6.78. The molecule has 0 aliphatic rings. The van der Waals surface area contributed by atoms with Crippen molar-refractivity contribution in [3.05, 3.63) is 35.4 Å². The molecular formula is C44H76N13O14P. The topological polar surface area (TPSA) is 468 Å². The number of aromatic carboxylic acids is 1. The first-order chi connectivity index (χ1) is 33.8. The van der Waals surface area contributed by atoms with E-state index in [0.717, 1.165) is 0 Å². The number of aliphatic hydroxyl groups excluding tert-OH is 2. The standard InChI is InChI=1S/C44H76N13O14P/c1-25(2)36(42(68)69)57-40(65)33(23-58)56-37(62)27(4)53-38(63)32(14-10-19-51-44(47)48)55-39(64)31(13-9-18-50-43(45)46)54-35(61)16-15-34(60)49-17-6-5-7-20-72(70,71)24-30(59)22-52-26(3)28-11-8-12-29(21-28)41(66)67/h8,11-12,21,25-27,30-33,36,52,58-59H,5-7,9-10,13-20,22-24H2,1-4H3,(H,49,60)(H,53,63)(H,54,61)(H,55,64)(H,56,62)(H,57,65)(H,66,67)(H,68,69)(H,70,71)(H4,45,46,50)(H4,47,48,51)/t26-,27+,30+,31+,32+,33+,36+/m1/s1. The number of aliphatic hydroxyl groups is 2. The van der Waals surface area contributed by atoms with Crippen LogP contribution in [0.5, 0.6) is 0 Å². The quantitative estimate of drug-likeness (QED) is 0.0138. The van der Waals surface area contributed by atoms with E-state index in [2.05, 4.69) is 47.2 Å². The molecule has 0 saturated heterocycles. The molecule has 28 heteroatoms. The van der Waals surface area contributed by atoms with Crippen LogP contribution in [-0.2, 0) is 38.1 Å². The molecule has 20 N–H and O–H groups in total. The van der Waals surface area contributed by atoms with Crippen LogP contribution < -0.4 is 60.2 Å². The lowest BCUT2D eigenvalue weighted by atomic mass is 10.0. The van der Waals surface area contributed by atoms with Crippen molar-refractivity contribution in [3.8, 4) is 0 Å². The predicted molar refractivity (Wildman–Crippen MR) is 266 cm³/mol. The fraction of sp³-hybridized carbons (Fsp3) is 0.636. The van der Waals surface area contributed by atoms with Crippen molar-refractivity contribution in [2.24, 2.45) is 38.8 Å². The first kappa shape index (κ1) is 63.6. The maximum Gasteiger partial charge on any atom is 0.335 e. The molecule has 0 radical (unpaired) electrons. The van der Waals surface area contributed by atoms with Crippen molar-refractivity contribution in [1.82, 2.24) is 37.2 Å². The number of guanidine groups is 2. The molecule has 0 fully saturated rings. The molecule has 1 unspecified atom stereocenters. The van der Waals surface area contributed by atoms with Crippen LogP contribution in [0.25, 0.3) is 0 Å². The summed E-state index contributed by atoms with van der Waals surface area (Å²) in [5.74, 6) is -8.14. The molecule has 0 bridgehead atoms. The average molecular weight is 1040 g/mol. The maximum atomic E-state index is 13.7. The highest BCUT2D eigenvalue weighted by Crippen LogP contribution is 2.42. The van der Waals surface area contributed by atoms with E-state index in [0.29, 0.717) is 24.8 Å². The van der Waals surface area contributed by atoms with Gasteiger partial charge in [0.05, 0.1) is 24.4 Å². The van der Waals surface area contributed by atoms with Crippen LogP contribution in [0.1, 0.15) is 107 Å². The summed E-state index contributed by atoms with van der Waals surface area (Å²) in [7, 11) is -3.70. The molecular weight excluding hydrogens is 966 g/mol. The van der Waals surface area contributed by atoms with Crippen LogP contribution >= 0.6 is 7.37 Å². The summed E-state index contributed by atoms with van der Waals surface area (Å²) in [6.07, 6.45) is -0.604. The van der Waals surface area contributed by atoms with Crippen LogP contribution in [0, 0.1) is 5.92 Å². The van der Waals surface area contributed by atoms with Gasteiger partial charge in [0.2, 0.25) is 42.8 Å². The third-order valence-electron chi connectivity index (χ3n) is 10.8. The summed E-state index contributed by atoms with van der Waals surface area (Å²) >= 11 is 0. The first-order valence-corrected chi connectivity index (χ1v) is 25.6. The summed E-state index contributed by atoms with van der Waals surface area (Å²) in [5.41, 5.74) is 22.5. The molecule has 1 aromatic rings. The van der Waals surface area contributed by atoms with Gasteiger partial charge in [-0.05, 0) is 76.0 Å². The predicted octanol–water partition coefficient (Wildman–Crippen LogP) is -2.98. The van der Waals surface area contributed by atoms with Crippen LogP contribution in [0.3, 0.4) is 0 Å². The van der Waals surface area contributed by atoms with Gasteiger partial charge < -0.3 is 85.5 Å². The molecule has 1 aromatic carbocycles. The van der Waals surface area contributed by atoms with Gasteiger partial charge in [0, 0.05) is 51.2 Å². The van der Waals surface area contributed by atoms with E-state index in [1.54, 1.807) is 32.9 Å². The number of nitrogens with two attached hydrogens (primary N) is 4. The van der Waals surface area contributed by atoms with Crippen molar-refractivity contribution in [2.75, 3.05) is 45.1 Å². The van der Waals surface area contributed by atoms with Gasteiger partial charge >= 0.3 is 11.9 Å². The Kier molecular flexibility index (Phi) is 29.4. The van der Waals surface area contributed by atoms with E-state index in [-0.39, 0.29) is 101 Å². The highest BCUT2D eigenvalue weighted by Gasteiger charge is 2.32. The average Bonchev–Trinajstić information content (AvgIpc) is 3.30. The molecule has 6 amide bonds. The summed E-state index contributed by atoms with van der Waals surface area (Å²) in [4.78, 5) is 120. The molecule has 0 aliphatic carbocycles. The second-order valence-corrected chi connectivity index (χ2v) is 20.0. The van der Waals surface area contributed by atoms with E-state index >= 15 is 0 Å². The van der Waals surface area contributed by atoms with Crippen LogP contribution in [0.4, 0.5) is 0 Å². The number of amides is 6. The Bertz CT molecular complexity index is 2070. The van der Waals surface area contributed by atoms with Gasteiger partial charge in [-0.15, -0.1) is 0 Å². The lowest BCUT2D eigenvalue weighted by Gasteiger charge is -2.25. The number of hydrogen-bond acceptors (Lipinski definition) is 14. The molecule has 0 aliphatic heterocycles. The van der Waals surface area contributed by atoms with Gasteiger partial charge in [0.25, 0.3) is 0 Å². The number of nitrogens with one attached hydrogen (secondary N) is 7. The number of aliphatic imine (C=N–C) groups is 2. The van der Waals surface area contributed by atoms with E-state index in [1.165, 1.54) is 19.1 Å². The zero-order chi connectivity index (χ0) is 54.6. The highest BCUT2D eigenvalue weighted by atomic mass is 31.2. The number of carbonyl (C=O) groups excluding carboxylic acids is 6. The minimum absolute atomic E-state index is 0.00469. The molecule has 72 heavy (non-hydrogen) atoms. The number of carbonyl (C=O) groups is 8. The molecule has 1 rings (SSSR count). The lowest BCUT2D eigenvalue weighted by molar-refractivity contribution is -0.143.